The van der Waals surface area contributed by atoms with Crippen molar-refractivity contribution in [2.45, 2.75) is 0 Å². The van der Waals surface area contributed by atoms with Crippen molar-refractivity contribution in [2.24, 2.45) is 4.99 Å². The number of ether oxygens (including phenoxy) is 1. The lowest BCUT2D eigenvalue weighted by molar-refractivity contribution is 0.203. The maximum Gasteiger partial charge on any atom is 0.412 e. The summed E-state index contributed by atoms with van der Waals surface area (Å²) in [4.78, 5) is 16.9. The van der Waals surface area contributed by atoms with Gasteiger partial charge in [0.1, 0.15) is 5.75 Å². The van der Waals surface area contributed by atoms with Crippen LogP contribution in [0.5, 0.6) is 5.75 Å². The molecule has 0 saturated heterocycles. The van der Waals surface area contributed by atoms with Gasteiger partial charge in [-0.15, -0.1) is 0 Å². The van der Waals surface area contributed by atoms with Gasteiger partial charge in [0.2, 0.25) is 0 Å². The normalized spacial score (nSPS) is 10.2. The Bertz CT molecular complexity index is 371. The van der Waals surface area contributed by atoms with Gasteiger partial charge in [0.15, 0.2) is 0 Å². The molecule has 1 rings (SSSR count). The van der Waals surface area contributed by atoms with Gasteiger partial charge in [-0.2, -0.15) is 0 Å². The first-order valence-electron chi connectivity index (χ1n) is 4.82. The largest absolute Gasteiger partial charge is 0.412 e. The molecular formula is C11H15N3O2. The zero-order chi connectivity index (χ0) is 12.0. The number of nitrogens with zero attached hydrogens (tertiary/aromatic N) is 2. The van der Waals surface area contributed by atoms with Crippen LogP contribution in [-0.4, -0.2) is 38.5 Å². The molecule has 0 aromatic heterocycles. The Balaban J connectivity index is 2.64. The second kappa shape index (κ2) is 5.75. The van der Waals surface area contributed by atoms with E-state index in [2.05, 4.69) is 10.3 Å². The zero-order valence-corrected chi connectivity index (χ0v) is 9.60. The van der Waals surface area contributed by atoms with E-state index in [1.54, 1.807) is 30.6 Å². The SMILES string of the molecule is CNC(=O)Oc1ccc(N=CN(C)C)cc1. The first-order chi connectivity index (χ1) is 7.61. The fraction of sp³-hybridized carbons (Fsp3) is 0.273. The molecule has 0 heterocycles. The summed E-state index contributed by atoms with van der Waals surface area (Å²) in [5.41, 5.74) is 0.804. The first-order valence-corrected chi connectivity index (χ1v) is 4.82. The third kappa shape index (κ3) is 4.00. The van der Waals surface area contributed by atoms with Gasteiger partial charge in [0, 0.05) is 21.1 Å². The van der Waals surface area contributed by atoms with Crippen molar-refractivity contribution in [1.82, 2.24) is 10.2 Å². The predicted octanol–water partition coefficient (Wildman–Crippen LogP) is 1.63. The molecule has 5 nitrogen and oxygen atoms in total. The fourth-order valence-electron chi connectivity index (χ4n) is 0.940. The van der Waals surface area contributed by atoms with Gasteiger partial charge in [0.05, 0.1) is 12.0 Å². The van der Waals surface area contributed by atoms with Gasteiger partial charge in [-0.05, 0) is 24.3 Å². The van der Waals surface area contributed by atoms with E-state index in [-0.39, 0.29) is 0 Å². The highest BCUT2D eigenvalue weighted by molar-refractivity contribution is 5.70. The van der Waals surface area contributed by atoms with Crippen LogP contribution in [0.2, 0.25) is 0 Å². The Morgan fingerprint density at radius 2 is 2.00 bits per heavy atom. The van der Waals surface area contributed by atoms with Gasteiger partial charge < -0.3 is 15.0 Å². The molecule has 0 unspecified atom stereocenters. The molecule has 1 amide bonds. The molecule has 0 aliphatic heterocycles. The van der Waals surface area contributed by atoms with E-state index in [1.807, 2.05) is 19.0 Å². The van der Waals surface area contributed by atoms with Gasteiger partial charge >= 0.3 is 6.09 Å². The number of rotatable bonds is 3. The van der Waals surface area contributed by atoms with Crippen molar-refractivity contribution in [1.29, 1.82) is 0 Å². The average Bonchev–Trinajstić information content (AvgIpc) is 2.28. The molecule has 1 aromatic carbocycles. The molecule has 1 N–H and O–H groups in total. The maximum atomic E-state index is 10.9. The minimum atomic E-state index is -0.482. The minimum absolute atomic E-state index is 0.482. The predicted molar refractivity (Wildman–Crippen MR) is 63.4 cm³/mol. The molecule has 0 aliphatic carbocycles. The lowest BCUT2D eigenvalue weighted by Crippen LogP contribution is -2.21. The van der Waals surface area contributed by atoms with Gasteiger partial charge in [0.25, 0.3) is 0 Å². The molecule has 5 heteroatoms. The maximum absolute atomic E-state index is 10.9. The number of carbonyl (C=O) groups excluding carboxylic acids is 1. The molecular weight excluding hydrogens is 206 g/mol. The van der Waals surface area contributed by atoms with Crippen LogP contribution < -0.4 is 10.1 Å². The molecule has 0 bridgehead atoms. The van der Waals surface area contributed by atoms with E-state index < -0.39 is 6.09 Å². The lowest BCUT2D eigenvalue weighted by atomic mass is 10.3. The summed E-state index contributed by atoms with van der Waals surface area (Å²) in [7, 11) is 5.30. The van der Waals surface area contributed by atoms with E-state index in [4.69, 9.17) is 4.74 Å². The van der Waals surface area contributed by atoms with Crippen molar-refractivity contribution < 1.29 is 9.53 Å². The number of amides is 1. The third-order valence-electron chi connectivity index (χ3n) is 1.69. The Morgan fingerprint density at radius 1 is 1.38 bits per heavy atom. The Kier molecular flexibility index (Phi) is 4.32. The van der Waals surface area contributed by atoms with Gasteiger partial charge in [-0.1, -0.05) is 0 Å². The van der Waals surface area contributed by atoms with Crippen LogP contribution in [0.1, 0.15) is 0 Å². The number of nitrogens with one attached hydrogen (secondary N) is 1. The molecule has 0 saturated carbocycles. The number of hydrogen-bond acceptors (Lipinski definition) is 3. The second-order valence-electron chi connectivity index (χ2n) is 3.34. The zero-order valence-electron chi connectivity index (χ0n) is 9.60. The van der Waals surface area contributed by atoms with Crippen molar-refractivity contribution in [3.05, 3.63) is 24.3 Å². The fourth-order valence-corrected chi connectivity index (χ4v) is 0.940. The van der Waals surface area contributed by atoms with Crippen LogP contribution in [0.15, 0.2) is 29.3 Å². The Labute approximate surface area is 94.7 Å². The number of carbonyl (C=O) groups is 1. The van der Waals surface area contributed by atoms with Gasteiger partial charge in [-0.25, -0.2) is 9.79 Å². The summed E-state index contributed by atoms with van der Waals surface area (Å²) < 4.78 is 4.93. The van der Waals surface area contributed by atoms with E-state index in [1.165, 1.54) is 7.05 Å². The summed E-state index contributed by atoms with van der Waals surface area (Å²) in [6.45, 7) is 0. The molecule has 86 valence electrons. The lowest BCUT2D eigenvalue weighted by Gasteiger charge is -2.04. The second-order valence-corrected chi connectivity index (χ2v) is 3.34. The van der Waals surface area contributed by atoms with E-state index in [0.29, 0.717) is 5.75 Å². The van der Waals surface area contributed by atoms with Crippen LogP contribution in [-0.2, 0) is 0 Å². The molecule has 0 spiro atoms. The Morgan fingerprint density at radius 3 is 2.50 bits per heavy atom. The minimum Gasteiger partial charge on any atom is -0.410 e. The quantitative estimate of drug-likeness (QED) is 0.623. The number of hydrogen-bond donors (Lipinski definition) is 1. The molecule has 16 heavy (non-hydrogen) atoms. The summed E-state index contributed by atoms with van der Waals surface area (Å²) in [5, 5.41) is 2.37. The topological polar surface area (TPSA) is 53.9 Å². The summed E-state index contributed by atoms with van der Waals surface area (Å²) in [6.07, 6.45) is 1.22. The van der Waals surface area contributed by atoms with Crippen LogP contribution in [0, 0.1) is 0 Å². The molecule has 0 radical (unpaired) electrons. The molecule has 0 aliphatic rings. The number of benzene rings is 1. The standard InChI is InChI=1S/C11H15N3O2/c1-12-11(15)16-10-6-4-9(5-7-10)13-8-14(2)3/h4-8H,1-3H3,(H,12,15). The molecule has 1 aromatic rings. The molecule has 0 atom stereocenters. The highest BCUT2D eigenvalue weighted by Gasteiger charge is 2.00. The van der Waals surface area contributed by atoms with E-state index >= 15 is 0 Å². The highest BCUT2D eigenvalue weighted by atomic mass is 16.5. The van der Waals surface area contributed by atoms with Crippen LogP contribution in [0.3, 0.4) is 0 Å². The number of aliphatic imine (C=N–C) groups is 1. The summed E-state index contributed by atoms with van der Waals surface area (Å²) in [5.74, 6) is 0.489. The summed E-state index contributed by atoms with van der Waals surface area (Å²) >= 11 is 0. The summed E-state index contributed by atoms with van der Waals surface area (Å²) in [6, 6.07) is 6.94. The van der Waals surface area contributed by atoms with E-state index in [9.17, 15) is 4.79 Å². The van der Waals surface area contributed by atoms with Crippen LogP contribution >= 0.6 is 0 Å². The smallest absolute Gasteiger partial charge is 0.410 e. The van der Waals surface area contributed by atoms with Crippen molar-refractivity contribution in [3.63, 3.8) is 0 Å². The van der Waals surface area contributed by atoms with Crippen molar-refractivity contribution in [3.8, 4) is 5.75 Å². The first kappa shape index (κ1) is 12.0. The monoisotopic (exact) mass is 221 g/mol. The van der Waals surface area contributed by atoms with Crippen LogP contribution in [0.4, 0.5) is 10.5 Å². The molecule has 0 fully saturated rings. The van der Waals surface area contributed by atoms with Crippen molar-refractivity contribution >= 4 is 18.1 Å². The van der Waals surface area contributed by atoms with Crippen LogP contribution in [0.25, 0.3) is 0 Å². The Hall–Kier alpha value is -2.04. The highest BCUT2D eigenvalue weighted by Crippen LogP contribution is 2.17. The van der Waals surface area contributed by atoms with Gasteiger partial charge in [-0.3, -0.25) is 0 Å². The average molecular weight is 221 g/mol. The van der Waals surface area contributed by atoms with E-state index in [0.717, 1.165) is 5.69 Å². The van der Waals surface area contributed by atoms with Crippen molar-refractivity contribution in [2.75, 3.05) is 21.1 Å². The third-order valence-corrected chi connectivity index (χ3v) is 1.69.